The molecule has 7 nitrogen and oxygen atoms in total. The van der Waals surface area contributed by atoms with Gasteiger partial charge in [0.25, 0.3) is 15.9 Å². The van der Waals surface area contributed by atoms with Crippen molar-refractivity contribution in [2.45, 2.75) is 37.4 Å². The van der Waals surface area contributed by atoms with E-state index in [0.29, 0.717) is 5.69 Å². The van der Waals surface area contributed by atoms with Crippen LogP contribution in [0.1, 0.15) is 48.6 Å². The maximum absolute atomic E-state index is 12.8. The third-order valence-corrected chi connectivity index (χ3v) is 5.53. The van der Waals surface area contributed by atoms with Gasteiger partial charge in [-0.2, -0.15) is 0 Å². The van der Waals surface area contributed by atoms with Gasteiger partial charge >= 0.3 is 0 Å². The Hall–Kier alpha value is -2.97. The predicted octanol–water partition coefficient (Wildman–Crippen LogP) is 3.27. The van der Waals surface area contributed by atoms with Crippen LogP contribution < -0.4 is 10.0 Å². The molecule has 3 aromatic rings. The van der Waals surface area contributed by atoms with Crippen molar-refractivity contribution < 1.29 is 17.6 Å². The molecule has 0 saturated carbocycles. The van der Waals surface area contributed by atoms with Crippen molar-refractivity contribution in [1.82, 2.24) is 15.0 Å². The first-order chi connectivity index (χ1) is 13.7. The molecule has 2 heterocycles. The summed E-state index contributed by atoms with van der Waals surface area (Å²) in [4.78, 5) is 17.1. The van der Waals surface area contributed by atoms with E-state index in [9.17, 15) is 13.2 Å². The lowest BCUT2D eigenvalue weighted by Crippen LogP contribution is -2.40. The molecule has 0 bridgehead atoms. The number of sulfonamides is 1. The summed E-state index contributed by atoms with van der Waals surface area (Å²) in [6.07, 6.45) is 1.65. The Morgan fingerprint density at radius 2 is 1.69 bits per heavy atom. The summed E-state index contributed by atoms with van der Waals surface area (Å²) in [6, 6.07) is 16.9. The number of hydrogen-bond donors (Lipinski definition) is 2. The predicted molar refractivity (Wildman–Crippen MR) is 109 cm³/mol. The van der Waals surface area contributed by atoms with Crippen LogP contribution in [0.25, 0.3) is 0 Å². The standard InChI is InChI=1S/C21H23N3O4S/c1-21(2,3)24-29(26,27)18-13-12-17(28-18)20(25)23-19(15-9-5-4-6-10-15)16-11-7-8-14-22-16/h4-14,19,24H,1-3H3,(H,23,25). The van der Waals surface area contributed by atoms with Gasteiger partial charge in [-0.25, -0.2) is 13.1 Å². The van der Waals surface area contributed by atoms with Crippen molar-refractivity contribution in [1.29, 1.82) is 0 Å². The van der Waals surface area contributed by atoms with E-state index in [1.54, 1.807) is 33.0 Å². The molecule has 0 aliphatic carbocycles. The van der Waals surface area contributed by atoms with Crippen molar-refractivity contribution >= 4 is 15.9 Å². The second-order valence-electron chi connectivity index (χ2n) is 7.55. The summed E-state index contributed by atoms with van der Waals surface area (Å²) in [5.74, 6) is -0.641. The van der Waals surface area contributed by atoms with Gasteiger partial charge in [-0.3, -0.25) is 9.78 Å². The zero-order valence-corrected chi connectivity index (χ0v) is 17.2. The minimum absolute atomic E-state index is 0.101. The van der Waals surface area contributed by atoms with Crippen LogP contribution in [0.4, 0.5) is 0 Å². The molecular formula is C21H23N3O4S. The molecule has 1 aromatic carbocycles. The molecule has 29 heavy (non-hydrogen) atoms. The zero-order chi connectivity index (χ0) is 21.1. The number of rotatable bonds is 6. The number of aromatic nitrogens is 1. The summed E-state index contributed by atoms with van der Waals surface area (Å²) in [7, 11) is -3.87. The van der Waals surface area contributed by atoms with Crippen LogP contribution in [0.5, 0.6) is 0 Å². The van der Waals surface area contributed by atoms with Crippen molar-refractivity contribution in [3.05, 3.63) is 83.9 Å². The quantitative estimate of drug-likeness (QED) is 0.646. The van der Waals surface area contributed by atoms with Crippen molar-refractivity contribution in [2.75, 3.05) is 0 Å². The average Bonchev–Trinajstić information content (AvgIpc) is 3.17. The van der Waals surface area contributed by atoms with Crippen LogP contribution in [0.3, 0.4) is 0 Å². The highest BCUT2D eigenvalue weighted by atomic mass is 32.2. The minimum atomic E-state index is -3.87. The smallest absolute Gasteiger partial charge is 0.287 e. The largest absolute Gasteiger partial charge is 0.438 e. The number of nitrogens with one attached hydrogen (secondary N) is 2. The summed E-state index contributed by atoms with van der Waals surface area (Å²) in [6.45, 7) is 5.16. The molecule has 0 aliphatic heterocycles. The fraction of sp³-hybridized carbons (Fsp3) is 0.238. The fourth-order valence-corrected chi connectivity index (χ4v) is 4.12. The van der Waals surface area contributed by atoms with Crippen LogP contribution >= 0.6 is 0 Å². The van der Waals surface area contributed by atoms with E-state index in [0.717, 1.165) is 5.56 Å². The van der Waals surface area contributed by atoms with E-state index >= 15 is 0 Å². The number of nitrogens with zero attached hydrogens (tertiary/aromatic N) is 1. The van der Waals surface area contributed by atoms with Crippen LogP contribution in [0, 0.1) is 0 Å². The molecule has 2 N–H and O–H groups in total. The lowest BCUT2D eigenvalue weighted by molar-refractivity contribution is 0.0909. The Morgan fingerprint density at radius 3 is 2.31 bits per heavy atom. The second kappa shape index (κ2) is 8.18. The third-order valence-electron chi connectivity index (χ3n) is 3.90. The Morgan fingerprint density at radius 1 is 1.00 bits per heavy atom. The van der Waals surface area contributed by atoms with Crippen LogP contribution in [-0.4, -0.2) is 24.8 Å². The fourth-order valence-electron chi connectivity index (χ4n) is 2.76. The molecule has 0 fully saturated rings. The number of carbonyl (C=O) groups excluding carboxylic acids is 1. The van der Waals surface area contributed by atoms with E-state index < -0.39 is 27.5 Å². The van der Waals surface area contributed by atoms with Crippen molar-refractivity contribution in [3.8, 4) is 0 Å². The summed E-state index contributed by atoms with van der Waals surface area (Å²) in [5, 5.41) is 2.56. The van der Waals surface area contributed by atoms with E-state index in [1.165, 1.54) is 12.1 Å². The summed E-state index contributed by atoms with van der Waals surface area (Å²) >= 11 is 0. The average molecular weight is 413 g/mol. The number of carbonyl (C=O) groups is 1. The van der Waals surface area contributed by atoms with Crippen LogP contribution in [0.2, 0.25) is 0 Å². The molecular weight excluding hydrogens is 390 g/mol. The highest BCUT2D eigenvalue weighted by molar-refractivity contribution is 7.89. The number of furan rings is 1. The van der Waals surface area contributed by atoms with Crippen molar-refractivity contribution in [3.63, 3.8) is 0 Å². The second-order valence-corrected chi connectivity index (χ2v) is 9.16. The SMILES string of the molecule is CC(C)(C)NS(=O)(=O)c1ccc(C(=O)NC(c2ccccc2)c2ccccn2)o1. The molecule has 8 heteroatoms. The molecule has 1 amide bonds. The molecule has 1 unspecified atom stereocenters. The van der Waals surface area contributed by atoms with E-state index in [1.807, 2.05) is 42.5 Å². The minimum Gasteiger partial charge on any atom is -0.438 e. The zero-order valence-electron chi connectivity index (χ0n) is 16.4. The molecule has 152 valence electrons. The van der Waals surface area contributed by atoms with E-state index in [-0.39, 0.29) is 10.9 Å². The Labute approximate surface area is 170 Å². The number of pyridine rings is 1. The van der Waals surface area contributed by atoms with Gasteiger partial charge in [0, 0.05) is 11.7 Å². The van der Waals surface area contributed by atoms with E-state index in [4.69, 9.17) is 4.42 Å². The lowest BCUT2D eigenvalue weighted by atomic mass is 10.0. The maximum atomic E-state index is 12.8. The summed E-state index contributed by atoms with van der Waals surface area (Å²) < 4.78 is 32.6. The summed E-state index contributed by atoms with van der Waals surface area (Å²) in [5.41, 5.74) is 0.819. The first kappa shape index (κ1) is 20.8. The van der Waals surface area contributed by atoms with Gasteiger partial charge in [0.15, 0.2) is 5.76 Å². The number of benzene rings is 1. The Bertz CT molecular complexity index is 1030. The van der Waals surface area contributed by atoms with Gasteiger partial charge < -0.3 is 9.73 Å². The normalized spacial score (nSPS) is 13.1. The monoisotopic (exact) mass is 413 g/mol. The van der Waals surface area contributed by atoms with Crippen LogP contribution in [-0.2, 0) is 10.0 Å². The molecule has 0 spiro atoms. The van der Waals surface area contributed by atoms with Gasteiger partial charge in [-0.1, -0.05) is 36.4 Å². The molecule has 0 aliphatic rings. The molecule has 3 rings (SSSR count). The third kappa shape index (κ3) is 5.30. The first-order valence-electron chi connectivity index (χ1n) is 9.06. The van der Waals surface area contributed by atoms with Gasteiger partial charge in [0.2, 0.25) is 5.09 Å². The molecule has 0 saturated heterocycles. The van der Waals surface area contributed by atoms with E-state index in [2.05, 4.69) is 15.0 Å². The van der Waals surface area contributed by atoms with Gasteiger partial charge in [-0.05, 0) is 50.6 Å². The van der Waals surface area contributed by atoms with Gasteiger partial charge in [0.05, 0.1) is 11.7 Å². The number of hydrogen-bond acceptors (Lipinski definition) is 5. The number of amides is 1. The molecule has 2 aromatic heterocycles. The topological polar surface area (TPSA) is 101 Å². The lowest BCUT2D eigenvalue weighted by Gasteiger charge is -2.19. The highest BCUT2D eigenvalue weighted by Crippen LogP contribution is 2.22. The maximum Gasteiger partial charge on any atom is 0.287 e. The van der Waals surface area contributed by atoms with Crippen LogP contribution in [0.15, 0.2) is 76.4 Å². The Kier molecular flexibility index (Phi) is 5.86. The first-order valence-corrected chi connectivity index (χ1v) is 10.5. The van der Waals surface area contributed by atoms with Gasteiger partial charge in [0.1, 0.15) is 0 Å². The molecule has 0 radical (unpaired) electrons. The Balaban J connectivity index is 1.85. The van der Waals surface area contributed by atoms with Crippen molar-refractivity contribution in [2.24, 2.45) is 0 Å². The van der Waals surface area contributed by atoms with Gasteiger partial charge in [-0.15, -0.1) is 0 Å². The highest BCUT2D eigenvalue weighted by Gasteiger charge is 2.27. The molecule has 1 atom stereocenters.